The Morgan fingerprint density at radius 2 is 1.92 bits per heavy atom. The normalized spacial score (nSPS) is 15.1. The van der Waals surface area contributed by atoms with Crippen molar-refractivity contribution >= 4 is 29.1 Å². The monoisotopic (exact) mass is 537 g/mol. The molecule has 0 saturated heterocycles. The molecule has 0 saturated carbocycles. The Labute approximate surface area is 222 Å². The number of carbonyl (C=O) groups is 1. The van der Waals surface area contributed by atoms with Crippen LogP contribution in [0.1, 0.15) is 43.5 Å². The SMILES string of the molecule is CCOC(=O)C1=C(C)N=c2s/c(=C/c3ccc(OC)c(OCC)c3)c(=O)n2[C@@H]1c1ccc(C)c([N+](=O)[O-])c1. The number of aromatic nitrogens is 1. The lowest BCUT2D eigenvalue weighted by Crippen LogP contribution is -2.40. The predicted octanol–water partition coefficient (Wildman–Crippen LogP) is 3.42. The van der Waals surface area contributed by atoms with Gasteiger partial charge in [-0.2, -0.15) is 0 Å². The summed E-state index contributed by atoms with van der Waals surface area (Å²) < 4.78 is 18.1. The van der Waals surface area contributed by atoms with Gasteiger partial charge in [0.1, 0.15) is 0 Å². The highest BCUT2D eigenvalue weighted by Gasteiger charge is 2.34. The Morgan fingerprint density at radius 1 is 1.16 bits per heavy atom. The van der Waals surface area contributed by atoms with Crippen LogP contribution in [0.2, 0.25) is 0 Å². The van der Waals surface area contributed by atoms with Crippen LogP contribution in [0.25, 0.3) is 6.08 Å². The van der Waals surface area contributed by atoms with Gasteiger partial charge in [0.05, 0.1) is 47.1 Å². The zero-order chi connectivity index (χ0) is 27.6. The average Bonchev–Trinajstić information content (AvgIpc) is 3.18. The van der Waals surface area contributed by atoms with Crippen LogP contribution in [0, 0.1) is 17.0 Å². The molecule has 0 unspecified atom stereocenters. The van der Waals surface area contributed by atoms with Crippen LogP contribution in [0.15, 0.2) is 57.5 Å². The quantitative estimate of drug-likeness (QED) is 0.245. The Bertz CT molecular complexity index is 1630. The fourth-order valence-corrected chi connectivity index (χ4v) is 5.35. The molecule has 0 spiro atoms. The third kappa shape index (κ3) is 4.97. The van der Waals surface area contributed by atoms with Gasteiger partial charge in [-0.15, -0.1) is 0 Å². The molecule has 0 amide bonds. The minimum absolute atomic E-state index is 0.107. The number of esters is 1. The number of benzene rings is 2. The van der Waals surface area contributed by atoms with Crippen molar-refractivity contribution in [1.82, 2.24) is 4.57 Å². The minimum Gasteiger partial charge on any atom is -0.493 e. The number of methoxy groups -OCH3 is 1. The summed E-state index contributed by atoms with van der Waals surface area (Å²) in [6.07, 6.45) is 1.71. The summed E-state index contributed by atoms with van der Waals surface area (Å²) in [6, 6.07) is 9.07. The van der Waals surface area contributed by atoms with Gasteiger partial charge in [-0.25, -0.2) is 9.79 Å². The Balaban J connectivity index is 1.95. The second-order valence-corrected chi connectivity index (χ2v) is 9.46. The zero-order valence-corrected chi connectivity index (χ0v) is 22.5. The van der Waals surface area contributed by atoms with Gasteiger partial charge in [0.2, 0.25) is 0 Å². The molecule has 0 fully saturated rings. The van der Waals surface area contributed by atoms with Crippen molar-refractivity contribution in [3.05, 3.63) is 94.2 Å². The number of thiazole rings is 1. The van der Waals surface area contributed by atoms with Gasteiger partial charge < -0.3 is 14.2 Å². The highest BCUT2D eigenvalue weighted by molar-refractivity contribution is 7.07. The number of nitrogens with zero attached hydrogens (tertiary/aromatic N) is 3. The van der Waals surface area contributed by atoms with E-state index in [0.29, 0.717) is 49.8 Å². The van der Waals surface area contributed by atoms with Crippen molar-refractivity contribution < 1.29 is 23.9 Å². The molecule has 3 aromatic rings. The number of allylic oxidation sites excluding steroid dienone is 1. The third-order valence-electron chi connectivity index (χ3n) is 6.05. The van der Waals surface area contributed by atoms with Gasteiger partial charge in [-0.05, 0) is 57.0 Å². The van der Waals surface area contributed by atoms with E-state index in [-0.39, 0.29) is 23.4 Å². The number of nitro groups is 1. The molecule has 1 aromatic heterocycles. The molecule has 0 N–H and O–H groups in total. The summed E-state index contributed by atoms with van der Waals surface area (Å²) in [4.78, 5) is 42.9. The first-order valence-corrected chi connectivity index (χ1v) is 12.8. The topological polar surface area (TPSA) is 122 Å². The molecule has 1 atom stereocenters. The standard InChI is InChI=1S/C27H27N3O7S/c1-6-36-21-12-17(9-11-20(21)35-5)13-22-25(31)29-24(18-10-8-15(3)19(14-18)30(33)34)23(26(32)37-7-2)16(4)28-27(29)38-22/h8-14,24H,6-7H2,1-5H3/b22-13+/t24-/m1/s1. The van der Waals surface area contributed by atoms with Crippen molar-refractivity contribution in [2.45, 2.75) is 33.7 Å². The lowest BCUT2D eigenvalue weighted by atomic mass is 9.94. The van der Waals surface area contributed by atoms with Crippen LogP contribution in [0.5, 0.6) is 11.5 Å². The van der Waals surface area contributed by atoms with Gasteiger partial charge in [0.15, 0.2) is 16.3 Å². The first-order chi connectivity index (χ1) is 18.2. The van der Waals surface area contributed by atoms with E-state index in [1.165, 1.54) is 10.6 Å². The summed E-state index contributed by atoms with van der Waals surface area (Å²) >= 11 is 1.16. The Hall–Kier alpha value is -4.25. The molecule has 2 aromatic carbocycles. The maximum absolute atomic E-state index is 13.8. The second kappa shape index (κ2) is 11.0. The lowest BCUT2D eigenvalue weighted by Gasteiger charge is -2.24. The summed E-state index contributed by atoms with van der Waals surface area (Å²) in [5.74, 6) is 0.482. The van der Waals surface area contributed by atoms with E-state index in [2.05, 4.69) is 4.99 Å². The first-order valence-electron chi connectivity index (χ1n) is 12.0. The van der Waals surface area contributed by atoms with Crippen LogP contribution in [0.4, 0.5) is 5.69 Å². The van der Waals surface area contributed by atoms with Crippen molar-refractivity contribution in [2.24, 2.45) is 4.99 Å². The molecule has 0 aliphatic carbocycles. The number of nitro benzene ring substituents is 1. The first kappa shape index (κ1) is 26.8. The lowest BCUT2D eigenvalue weighted by molar-refractivity contribution is -0.385. The molecule has 10 nitrogen and oxygen atoms in total. The summed E-state index contributed by atoms with van der Waals surface area (Å²) in [7, 11) is 1.55. The summed E-state index contributed by atoms with van der Waals surface area (Å²) in [6.45, 7) is 7.41. The average molecular weight is 538 g/mol. The molecule has 0 bridgehead atoms. The molecule has 38 heavy (non-hydrogen) atoms. The van der Waals surface area contributed by atoms with Crippen LogP contribution in [-0.2, 0) is 9.53 Å². The number of fused-ring (bicyclic) bond motifs is 1. The number of ether oxygens (including phenoxy) is 3. The van der Waals surface area contributed by atoms with Gasteiger partial charge >= 0.3 is 5.97 Å². The molecule has 1 aliphatic rings. The molecule has 4 rings (SSSR count). The molecule has 11 heteroatoms. The van der Waals surface area contributed by atoms with Crippen molar-refractivity contribution in [3.63, 3.8) is 0 Å². The Morgan fingerprint density at radius 3 is 2.58 bits per heavy atom. The van der Waals surface area contributed by atoms with Gasteiger partial charge in [-0.3, -0.25) is 19.5 Å². The fraction of sp³-hybridized carbons (Fsp3) is 0.296. The van der Waals surface area contributed by atoms with E-state index in [0.717, 1.165) is 11.3 Å². The van der Waals surface area contributed by atoms with Crippen LogP contribution in [0.3, 0.4) is 0 Å². The second-order valence-electron chi connectivity index (χ2n) is 8.45. The van der Waals surface area contributed by atoms with Gasteiger partial charge in [-0.1, -0.05) is 29.5 Å². The maximum atomic E-state index is 13.8. The van der Waals surface area contributed by atoms with Crippen LogP contribution < -0.4 is 24.4 Å². The summed E-state index contributed by atoms with van der Waals surface area (Å²) in [5.41, 5.74) is 1.64. The minimum atomic E-state index is -0.943. The van der Waals surface area contributed by atoms with Crippen molar-refractivity contribution in [3.8, 4) is 11.5 Å². The number of hydrogen-bond acceptors (Lipinski definition) is 9. The molecular formula is C27H27N3O7S. The number of rotatable bonds is 8. The fourth-order valence-electron chi connectivity index (χ4n) is 4.30. The predicted molar refractivity (Wildman–Crippen MR) is 142 cm³/mol. The highest BCUT2D eigenvalue weighted by atomic mass is 32.1. The van der Waals surface area contributed by atoms with E-state index in [4.69, 9.17) is 14.2 Å². The third-order valence-corrected chi connectivity index (χ3v) is 7.03. The van der Waals surface area contributed by atoms with E-state index in [1.54, 1.807) is 64.3 Å². The van der Waals surface area contributed by atoms with E-state index < -0.39 is 16.9 Å². The molecule has 2 heterocycles. The van der Waals surface area contributed by atoms with Crippen LogP contribution >= 0.6 is 11.3 Å². The molecule has 0 radical (unpaired) electrons. The largest absolute Gasteiger partial charge is 0.493 e. The number of hydrogen-bond donors (Lipinski definition) is 0. The number of aryl methyl sites for hydroxylation is 1. The summed E-state index contributed by atoms with van der Waals surface area (Å²) in [5, 5.41) is 11.7. The van der Waals surface area contributed by atoms with Crippen molar-refractivity contribution in [2.75, 3.05) is 20.3 Å². The Kier molecular flexibility index (Phi) is 7.77. The molecule has 198 valence electrons. The zero-order valence-electron chi connectivity index (χ0n) is 21.6. The smallest absolute Gasteiger partial charge is 0.338 e. The van der Waals surface area contributed by atoms with E-state index in [1.807, 2.05) is 6.92 Å². The maximum Gasteiger partial charge on any atom is 0.338 e. The van der Waals surface area contributed by atoms with Crippen LogP contribution in [-0.4, -0.2) is 35.8 Å². The van der Waals surface area contributed by atoms with E-state index in [9.17, 15) is 19.7 Å². The number of carbonyl (C=O) groups excluding carboxylic acids is 1. The van der Waals surface area contributed by atoms with E-state index >= 15 is 0 Å². The van der Waals surface area contributed by atoms with Gasteiger partial charge in [0, 0.05) is 11.6 Å². The molecular weight excluding hydrogens is 510 g/mol. The van der Waals surface area contributed by atoms with Crippen molar-refractivity contribution in [1.29, 1.82) is 0 Å². The van der Waals surface area contributed by atoms with Gasteiger partial charge in [0.25, 0.3) is 11.2 Å². The highest BCUT2D eigenvalue weighted by Crippen LogP contribution is 2.33. The molecule has 1 aliphatic heterocycles.